The van der Waals surface area contributed by atoms with E-state index in [1.54, 1.807) is 0 Å². The minimum absolute atomic E-state index is 0.827. The fourth-order valence-electron chi connectivity index (χ4n) is 17.7. The molecule has 11 heterocycles. The van der Waals surface area contributed by atoms with Crippen molar-refractivity contribution in [2.75, 3.05) is 72.7 Å². The second-order valence-electron chi connectivity index (χ2n) is 34.6. The molecule has 5 amide bonds. The first-order chi connectivity index (χ1) is 64.8. The highest BCUT2D eigenvalue weighted by atomic mass is 16.8. The normalized spacial score (nSPS) is 48.9. The minimum Gasteiger partial charge on any atom is -0.394 e. The molecule has 0 bridgehead atoms. The number of hydrogen-bond acceptors (Lipinski definition) is 56. The van der Waals surface area contributed by atoms with E-state index in [0.717, 1.165) is 34.6 Å². The number of carbonyl (C=O) groups is 5. The van der Waals surface area contributed by atoms with E-state index in [0.29, 0.717) is 0 Å². The summed E-state index contributed by atoms with van der Waals surface area (Å²) >= 11 is 0. The fourth-order valence-corrected chi connectivity index (χ4v) is 17.7. The fraction of sp³-hybridized carbons (Fsp3) is 0.934. The van der Waals surface area contributed by atoms with Crippen molar-refractivity contribution >= 4 is 29.5 Å². The number of nitrogens with one attached hydrogen (secondary N) is 5. The Morgan fingerprint density at radius 2 is 0.401 bits per heavy atom. The standard InChI is InChI=1S/C76H127N5O56/c1-17(91)77-33-44(102)58(26(10-86)119-66(33)116)130-68-35(79-19(3)93)46(104)62(30(14-90)125-68)134-74-57(115)63(135-76-65(52(110)41(99)25(9-85)123-76)137-70-37(81-21(5)95)48(106)61(29(13-89)127-70)133-73-56(114)51(109)40(98)24(8-84)122-73)43(101)32(128-74)16-118-75-64(136-69-36(80-20(4)94)47(105)60(28(12-88)126-69)132-72-55(113)50(108)39(97)23(7-83)121-72)53(111)42(100)31(129-75)15-117-67-34(78-18(2)92)45(103)59(27(11-87)124-67)131-71-54(112)49(107)38(96)22(6-82)120-71/h22-76,82-90,96-116H,6-16H2,1-5H3,(H,77,91)(H,78,92)(H,79,93)(H,80,94)(H,81,95)/t22-,23-,24-,25-,26-,27-,28-,29-,30-,31-,32-,33-,34-,35-,36-,37-,38+,39+,40+,41-,42-,43-,44-,45-,46-,47-,48-,49+,50+,51+,52+,53+,54-,55-,56-,57+,58-,59-,60-,61-,62-,63+,64+,65+,66-,67+,68+,69+,70+,71+,72+,73+,74+,75+,76-/m1/s1. The van der Waals surface area contributed by atoms with E-state index < -0.39 is 440 Å². The lowest BCUT2D eigenvalue weighted by Crippen LogP contribution is -2.71. The van der Waals surface area contributed by atoms with Gasteiger partial charge in [-0.25, -0.2) is 0 Å². The van der Waals surface area contributed by atoms with Crippen LogP contribution in [0.2, 0.25) is 0 Å². The summed E-state index contributed by atoms with van der Waals surface area (Å²) in [5.74, 6) is -4.80. The van der Waals surface area contributed by atoms with Crippen LogP contribution in [0.15, 0.2) is 0 Å². The van der Waals surface area contributed by atoms with Gasteiger partial charge < -0.3 is 279 Å². The van der Waals surface area contributed by atoms with Crippen molar-refractivity contribution in [3.8, 4) is 0 Å². The average Bonchev–Trinajstić information content (AvgIpc) is 0.761. The SMILES string of the molecule is CC(=O)N[C@@H]1[C@@H](O)[C@H](O[C@@H]2O[C@H](CO)[C@@H](O[C@@H]3O[C@H](CO[C@H]4O[C@H](CO[C@H]5O[C@H](CO)[C@@H](O[C@@H]6O[C@H](CO)[C@H](O)[C@H](O)[C@H]6O)[C@H](O)[C@H]5NC(C)=O)[C@@H](O)[C@H](O)[C@@H]4O[C@@H]4O[C@H](CO)[C@@H](O[C@@H]5O[C@H](CO)[C@H](O)[C@H](O)[C@H]5O)[C@H](O)[C@H]4NC(C)=O)[C@@H](O)[C@H](O[C@H]4O[C@H](CO)[C@@H](O)[C@H](O)[C@@H]4O[C@@H]4O[C@H](CO)[C@@H](O[C@@H]5O[C@H](CO)[C@H](O)[C@H](O)[C@H]5O)[C@H](O)[C@H]4NC(C)=O)[C@@H]3O)[C@H](O)[C@H]2NC(C)=O)[C@@H](CO)O[C@H]1O. The Labute approximate surface area is 775 Å². The topological polar surface area (TPSA) is 946 Å². The molecule has 11 fully saturated rings. The second kappa shape index (κ2) is 49.5. The Hall–Kier alpha value is -4.69. The molecular formula is C76H127N5O56. The van der Waals surface area contributed by atoms with Gasteiger partial charge in [-0.3, -0.25) is 24.0 Å². The first kappa shape index (κ1) is 113. The van der Waals surface area contributed by atoms with Crippen molar-refractivity contribution in [3.63, 3.8) is 0 Å². The Kier molecular flexibility index (Phi) is 40.7. The van der Waals surface area contributed by atoms with Crippen molar-refractivity contribution in [3.05, 3.63) is 0 Å². The van der Waals surface area contributed by atoms with E-state index in [-0.39, 0.29) is 0 Å². The second-order valence-corrected chi connectivity index (χ2v) is 34.6. The molecule has 61 nitrogen and oxygen atoms in total. The van der Waals surface area contributed by atoms with Gasteiger partial charge in [0.15, 0.2) is 69.2 Å². The Bertz CT molecular complexity index is 3780. The minimum atomic E-state index is -2.70. The highest BCUT2D eigenvalue weighted by Gasteiger charge is 2.63. The smallest absolute Gasteiger partial charge is 0.217 e. The molecule has 0 aromatic rings. The van der Waals surface area contributed by atoms with Gasteiger partial charge in [0.05, 0.1) is 72.7 Å². The van der Waals surface area contributed by atoms with Crippen LogP contribution in [-0.4, -0.2) is 593 Å². The van der Waals surface area contributed by atoms with Crippen molar-refractivity contribution in [2.24, 2.45) is 0 Å². The molecule has 0 aromatic carbocycles. The number of aliphatic hydroxyl groups excluding tert-OH is 30. The van der Waals surface area contributed by atoms with Crippen LogP contribution in [0.5, 0.6) is 0 Å². The number of amides is 5. The molecule has 11 aliphatic heterocycles. The molecule has 137 heavy (non-hydrogen) atoms. The first-order valence-electron chi connectivity index (χ1n) is 43.6. The van der Waals surface area contributed by atoms with Crippen molar-refractivity contribution in [1.29, 1.82) is 0 Å². The molecular weight excluding hydrogens is 1880 g/mol. The lowest BCUT2D eigenvalue weighted by atomic mass is 9.93. The van der Waals surface area contributed by atoms with Crippen molar-refractivity contribution in [1.82, 2.24) is 26.6 Å². The van der Waals surface area contributed by atoms with Gasteiger partial charge >= 0.3 is 0 Å². The zero-order valence-electron chi connectivity index (χ0n) is 73.6. The van der Waals surface area contributed by atoms with E-state index in [1.807, 2.05) is 0 Å². The van der Waals surface area contributed by atoms with E-state index in [1.165, 1.54) is 0 Å². The van der Waals surface area contributed by atoms with Gasteiger partial charge in [-0.1, -0.05) is 0 Å². The monoisotopic (exact) mass is 2010 g/mol. The summed E-state index contributed by atoms with van der Waals surface area (Å²) < 4.78 is 126. The van der Waals surface area contributed by atoms with E-state index in [9.17, 15) is 177 Å². The molecule has 0 unspecified atom stereocenters. The molecule has 55 atom stereocenters. The molecule has 0 aromatic heterocycles. The summed E-state index contributed by atoms with van der Waals surface area (Å²) in [5, 5.41) is 349. The third kappa shape index (κ3) is 25.2. The lowest BCUT2D eigenvalue weighted by molar-refractivity contribution is -0.399. The third-order valence-corrected chi connectivity index (χ3v) is 25.0. The van der Waals surface area contributed by atoms with Gasteiger partial charge in [0.25, 0.3) is 0 Å². The summed E-state index contributed by atoms with van der Waals surface area (Å²) in [5.41, 5.74) is 0. The van der Waals surface area contributed by atoms with Crippen LogP contribution in [0.4, 0.5) is 0 Å². The molecule has 0 spiro atoms. The maximum absolute atomic E-state index is 13.2. The highest BCUT2D eigenvalue weighted by Crippen LogP contribution is 2.42. The summed E-state index contributed by atoms with van der Waals surface area (Å²) in [4.78, 5) is 64.8. The van der Waals surface area contributed by atoms with Crippen LogP contribution in [0, 0.1) is 0 Å². The van der Waals surface area contributed by atoms with Gasteiger partial charge in [-0.2, -0.15) is 0 Å². The van der Waals surface area contributed by atoms with Crippen LogP contribution >= 0.6 is 0 Å². The average molecular weight is 2010 g/mol. The third-order valence-electron chi connectivity index (χ3n) is 25.0. The molecule has 11 saturated heterocycles. The zero-order valence-corrected chi connectivity index (χ0v) is 73.6. The summed E-state index contributed by atoms with van der Waals surface area (Å²) in [7, 11) is 0. The lowest BCUT2D eigenvalue weighted by Gasteiger charge is -2.51. The Balaban J connectivity index is 0.964. The van der Waals surface area contributed by atoms with Crippen molar-refractivity contribution < 1.29 is 277 Å². The summed E-state index contributed by atoms with van der Waals surface area (Å²) in [6, 6.07) is -9.68. The van der Waals surface area contributed by atoms with Gasteiger partial charge in [0, 0.05) is 34.6 Å². The molecule has 61 heteroatoms. The van der Waals surface area contributed by atoms with Gasteiger partial charge in [0.2, 0.25) is 29.5 Å². The molecule has 11 aliphatic rings. The maximum Gasteiger partial charge on any atom is 0.217 e. The van der Waals surface area contributed by atoms with Crippen LogP contribution < -0.4 is 26.6 Å². The molecule has 11 rings (SSSR count). The van der Waals surface area contributed by atoms with Crippen LogP contribution in [0.25, 0.3) is 0 Å². The number of aliphatic hydroxyl groups is 30. The van der Waals surface area contributed by atoms with Crippen LogP contribution in [0.3, 0.4) is 0 Å². The quantitative estimate of drug-likeness (QED) is 0.0277. The molecule has 0 saturated carbocycles. The summed E-state index contributed by atoms with van der Waals surface area (Å²) in [6.45, 7) is -8.00. The van der Waals surface area contributed by atoms with Crippen molar-refractivity contribution in [2.45, 2.75) is 372 Å². The molecule has 0 aliphatic carbocycles. The van der Waals surface area contributed by atoms with Gasteiger partial charge in [0.1, 0.15) is 268 Å². The molecule has 792 valence electrons. The highest BCUT2D eigenvalue weighted by molar-refractivity contribution is 5.75. The maximum atomic E-state index is 13.2. The Morgan fingerprint density at radius 3 is 0.730 bits per heavy atom. The first-order valence-corrected chi connectivity index (χ1v) is 43.6. The number of rotatable bonds is 36. The molecule has 35 N–H and O–H groups in total. The van der Waals surface area contributed by atoms with E-state index >= 15 is 0 Å². The summed E-state index contributed by atoms with van der Waals surface area (Å²) in [6.07, 6.45) is -108. The van der Waals surface area contributed by atoms with E-state index in [2.05, 4.69) is 26.6 Å². The predicted octanol–water partition coefficient (Wildman–Crippen LogP) is -24.3. The predicted molar refractivity (Wildman–Crippen MR) is 420 cm³/mol. The largest absolute Gasteiger partial charge is 0.394 e. The number of carbonyl (C=O) groups excluding carboxylic acids is 5. The number of ether oxygens (including phenoxy) is 21. The molecule has 0 radical (unpaired) electrons. The zero-order chi connectivity index (χ0) is 101. The van der Waals surface area contributed by atoms with E-state index in [4.69, 9.17) is 99.5 Å². The van der Waals surface area contributed by atoms with Gasteiger partial charge in [-0.05, 0) is 0 Å². The van der Waals surface area contributed by atoms with Gasteiger partial charge in [-0.15, -0.1) is 0 Å². The van der Waals surface area contributed by atoms with Crippen LogP contribution in [0.1, 0.15) is 34.6 Å². The number of hydrogen-bond donors (Lipinski definition) is 35. The Morgan fingerprint density at radius 1 is 0.190 bits per heavy atom. The van der Waals surface area contributed by atoms with Crippen LogP contribution in [-0.2, 0) is 123 Å².